The average molecular weight is 360 g/mol. The molecular weight excluding hydrogens is 340 g/mol. The van der Waals surface area contributed by atoms with Gasteiger partial charge in [0.15, 0.2) is 5.65 Å². The molecule has 1 aromatic carbocycles. The summed E-state index contributed by atoms with van der Waals surface area (Å²) in [4.78, 5) is 29.4. The van der Waals surface area contributed by atoms with Crippen LogP contribution in [-0.4, -0.2) is 26.4 Å². The lowest BCUT2D eigenvalue weighted by molar-refractivity contribution is -0.121. The third kappa shape index (κ3) is 3.46. The van der Waals surface area contributed by atoms with E-state index in [1.54, 1.807) is 16.8 Å². The fraction of sp³-hybridized carbons (Fsp3) is 0.190. The molecule has 0 bridgehead atoms. The zero-order chi connectivity index (χ0) is 18.6. The molecule has 6 heteroatoms. The Hall–Kier alpha value is -3.41. The molecule has 3 aromatic heterocycles. The fourth-order valence-corrected chi connectivity index (χ4v) is 3.28. The number of aromatic nitrogens is 3. The first-order valence-corrected chi connectivity index (χ1v) is 8.99. The number of pyridine rings is 1. The van der Waals surface area contributed by atoms with E-state index >= 15 is 0 Å². The van der Waals surface area contributed by atoms with Crippen LogP contribution in [0.1, 0.15) is 12.0 Å². The third-order valence-electron chi connectivity index (χ3n) is 4.64. The second-order valence-corrected chi connectivity index (χ2v) is 6.40. The van der Waals surface area contributed by atoms with Gasteiger partial charge >= 0.3 is 0 Å². The van der Waals surface area contributed by atoms with Gasteiger partial charge in [-0.25, -0.2) is 4.98 Å². The van der Waals surface area contributed by atoms with Gasteiger partial charge in [-0.2, -0.15) is 0 Å². The van der Waals surface area contributed by atoms with Gasteiger partial charge in [-0.1, -0.05) is 30.3 Å². The summed E-state index contributed by atoms with van der Waals surface area (Å²) in [5.41, 5.74) is 3.07. The van der Waals surface area contributed by atoms with Crippen LogP contribution in [0.15, 0.2) is 71.8 Å². The van der Waals surface area contributed by atoms with Crippen molar-refractivity contribution < 1.29 is 4.79 Å². The number of aryl methyl sites for hydroxylation is 1. The van der Waals surface area contributed by atoms with Gasteiger partial charge in [0, 0.05) is 31.9 Å². The molecule has 0 radical (unpaired) electrons. The molecule has 0 saturated carbocycles. The van der Waals surface area contributed by atoms with Gasteiger partial charge in [0.25, 0.3) is 5.56 Å². The van der Waals surface area contributed by atoms with Crippen molar-refractivity contribution in [2.24, 2.45) is 0 Å². The summed E-state index contributed by atoms with van der Waals surface area (Å²) in [6, 6.07) is 17.4. The number of amides is 1. The Morgan fingerprint density at radius 2 is 1.81 bits per heavy atom. The monoisotopic (exact) mass is 360 g/mol. The molecule has 0 aliphatic rings. The number of hydrogen-bond acceptors (Lipinski definition) is 3. The highest BCUT2D eigenvalue weighted by Crippen LogP contribution is 2.13. The van der Waals surface area contributed by atoms with Crippen LogP contribution in [0.3, 0.4) is 0 Å². The second kappa shape index (κ2) is 7.45. The number of nitrogens with zero attached hydrogens (tertiary/aromatic N) is 3. The molecule has 1 N–H and O–H groups in total. The molecule has 0 fully saturated rings. The van der Waals surface area contributed by atoms with Crippen molar-refractivity contribution in [1.82, 2.24) is 19.3 Å². The summed E-state index contributed by atoms with van der Waals surface area (Å²) in [7, 11) is 0. The molecule has 27 heavy (non-hydrogen) atoms. The lowest BCUT2D eigenvalue weighted by atomic mass is 10.1. The van der Waals surface area contributed by atoms with Gasteiger partial charge in [0.2, 0.25) is 5.91 Å². The minimum atomic E-state index is -0.136. The molecule has 0 saturated heterocycles. The maximum absolute atomic E-state index is 12.8. The zero-order valence-electron chi connectivity index (χ0n) is 14.8. The Morgan fingerprint density at radius 1 is 1.00 bits per heavy atom. The summed E-state index contributed by atoms with van der Waals surface area (Å²) in [6.45, 7) is 0.875. The summed E-state index contributed by atoms with van der Waals surface area (Å²) in [6.07, 6.45) is 4.53. The van der Waals surface area contributed by atoms with E-state index < -0.39 is 0 Å². The maximum Gasteiger partial charge on any atom is 0.276 e. The Balaban J connectivity index is 1.47. The average Bonchev–Trinajstić information content (AvgIpc) is 3.19. The molecule has 6 nitrogen and oxygen atoms in total. The van der Waals surface area contributed by atoms with Crippen molar-refractivity contribution in [1.29, 1.82) is 0 Å². The summed E-state index contributed by atoms with van der Waals surface area (Å²) in [5, 5.41) is 2.92. The van der Waals surface area contributed by atoms with Gasteiger partial charge in [-0.15, -0.1) is 0 Å². The summed E-state index contributed by atoms with van der Waals surface area (Å²) >= 11 is 0. The Labute approximate surface area is 156 Å². The van der Waals surface area contributed by atoms with Crippen molar-refractivity contribution in [3.05, 3.63) is 82.9 Å². The predicted octanol–water partition coefficient (Wildman–Crippen LogP) is 2.40. The quantitative estimate of drug-likeness (QED) is 0.574. The lowest BCUT2D eigenvalue weighted by Crippen LogP contribution is -2.29. The molecular formula is C21H20N4O2. The number of fused-ring (bicyclic) bond motifs is 3. The first-order valence-electron chi connectivity index (χ1n) is 8.99. The highest BCUT2D eigenvalue weighted by molar-refractivity contribution is 5.77. The van der Waals surface area contributed by atoms with Crippen molar-refractivity contribution in [3.63, 3.8) is 0 Å². The Bertz CT molecular complexity index is 1150. The predicted molar refractivity (Wildman–Crippen MR) is 105 cm³/mol. The van der Waals surface area contributed by atoms with Crippen LogP contribution in [0, 0.1) is 0 Å². The van der Waals surface area contributed by atoms with Crippen LogP contribution in [0.5, 0.6) is 0 Å². The van der Waals surface area contributed by atoms with Crippen LogP contribution in [0.4, 0.5) is 0 Å². The van der Waals surface area contributed by atoms with Gasteiger partial charge in [-0.3, -0.25) is 14.2 Å². The van der Waals surface area contributed by atoms with E-state index in [1.165, 1.54) is 5.56 Å². The van der Waals surface area contributed by atoms with Gasteiger partial charge in [-0.05, 0) is 36.2 Å². The number of hydrogen-bond donors (Lipinski definition) is 1. The molecule has 3 heterocycles. The SMILES string of the molecule is O=C(CCn1c(=O)c2cccn2c2cccnc21)NCCc1ccccc1. The summed E-state index contributed by atoms with van der Waals surface area (Å²) < 4.78 is 3.42. The number of rotatable bonds is 6. The van der Waals surface area contributed by atoms with E-state index in [1.807, 2.05) is 59.1 Å². The summed E-state index contributed by atoms with van der Waals surface area (Å²) in [5.74, 6) is -0.0721. The van der Waals surface area contributed by atoms with E-state index in [2.05, 4.69) is 10.3 Å². The maximum atomic E-state index is 12.8. The minimum Gasteiger partial charge on any atom is -0.356 e. The molecule has 0 unspecified atom stereocenters. The zero-order valence-corrected chi connectivity index (χ0v) is 14.8. The number of carbonyl (C=O) groups excluding carboxylic acids is 1. The first-order chi connectivity index (χ1) is 13.2. The van der Waals surface area contributed by atoms with E-state index in [0.29, 0.717) is 24.3 Å². The number of benzene rings is 1. The Morgan fingerprint density at radius 3 is 2.67 bits per heavy atom. The van der Waals surface area contributed by atoms with Gasteiger partial charge in [0.05, 0.1) is 5.52 Å². The van der Waals surface area contributed by atoms with Crippen molar-refractivity contribution >= 4 is 22.6 Å². The van der Waals surface area contributed by atoms with E-state index in [9.17, 15) is 9.59 Å². The van der Waals surface area contributed by atoms with Crippen LogP contribution >= 0.6 is 0 Å². The van der Waals surface area contributed by atoms with Crippen molar-refractivity contribution in [2.75, 3.05) is 6.54 Å². The van der Waals surface area contributed by atoms with E-state index in [4.69, 9.17) is 0 Å². The molecule has 0 atom stereocenters. The van der Waals surface area contributed by atoms with Crippen LogP contribution in [0.25, 0.3) is 16.7 Å². The topological polar surface area (TPSA) is 68.4 Å². The number of carbonyl (C=O) groups is 1. The molecule has 4 aromatic rings. The van der Waals surface area contributed by atoms with Crippen molar-refractivity contribution in [3.8, 4) is 0 Å². The van der Waals surface area contributed by atoms with Crippen LogP contribution in [0.2, 0.25) is 0 Å². The van der Waals surface area contributed by atoms with E-state index in [0.717, 1.165) is 11.9 Å². The molecule has 1 amide bonds. The molecule has 0 aliphatic heterocycles. The van der Waals surface area contributed by atoms with Crippen LogP contribution in [-0.2, 0) is 17.8 Å². The molecule has 4 rings (SSSR count). The lowest BCUT2D eigenvalue weighted by Gasteiger charge is -2.11. The molecule has 0 aliphatic carbocycles. The normalized spacial score (nSPS) is 11.1. The molecule has 0 spiro atoms. The largest absolute Gasteiger partial charge is 0.356 e. The van der Waals surface area contributed by atoms with Crippen LogP contribution < -0.4 is 10.9 Å². The minimum absolute atomic E-state index is 0.0721. The second-order valence-electron chi connectivity index (χ2n) is 6.40. The number of nitrogens with one attached hydrogen (secondary N) is 1. The fourth-order valence-electron chi connectivity index (χ4n) is 3.28. The van der Waals surface area contributed by atoms with E-state index in [-0.39, 0.29) is 17.9 Å². The van der Waals surface area contributed by atoms with Gasteiger partial charge < -0.3 is 9.72 Å². The highest BCUT2D eigenvalue weighted by Gasteiger charge is 2.12. The molecule has 136 valence electrons. The van der Waals surface area contributed by atoms with Crippen molar-refractivity contribution in [2.45, 2.75) is 19.4 Å². The van der Waals surface area contributed by atoms with Gasteiger partial charge in [0.1, 0.15) is 5.52 Å². The smallest absolute Gasteiger partial charge is 0.276 e. The highest BCUT2D eigenvalue weighted by atomic mass is 16.2. The first kappa shape index (κ1) is 17.0. The Kier molecular flexibility index (Phi) is 4.70. The third-order valence-corrected chi connectivity index (χ3v) is 4.64. The standard InChI is InChI=1S/C21H20N4O2/c26-19(22-13-10-16-6-2-1-3-7-16)11-15-25-20-17(8-4-12-23-20)24-14-5-9-18(24)21(25)27/h1-9,12,14H,10-11,13,15H2,(H,22,26).